The molecule has 0 spiro atoms. The molecule has 2 unspecified atom stereocenters. The Kier molecular flexibility index (Phi) is 5.94. The molecule has 0 bridgehead atoms. The van der Waals surface area contributed by atoms with Gasteiger partial charge in [-0.1, -0.05) is 26.0 Å². The van der Waals surface area contributed by atoms with Gasteiger partial charge in [0.15, 0.2) is 0 Å². The van der Waals surface area contributed by atoms with Gasteiger partial charge in [0.1, 0.15) is 11.5 Å². The van der Waals surface area contributed by atoms with Crippen molar-refractivity contribution in [1.29, 1.82) is 0 Å². The number of ketones is 1. The predicted molar refractivity (Wildman–Crippen MR) is 97.8 cm³/mol. The Morgan fingerprint density at radius 2 is 2.08 bits per heavy atom. The monoisotopic (exact) mass is 329 g/mol. The van der Waals surface area contributed by atoms with Crippen LogP contribution in [-0.2, 0) is 11.2 Å². The van der Waals surface area contributed by atoms with Crippen LogP contribution in [-0.4, -0.2) is 36.9 Å². The molecule has 2 atom stereocenters. The van der Waals surface area contributed by atoms with E-state index in [1.54, 1.807) is 0 Å². The van der Waals surface area contributed by atoms with Crippen LogP contribution in [0.15, 0.2) is 18.2 Å². The van der Waals surface area contributed by atoms with Gasteiger partial charge in [-0.05, 0) is 68.8 Å². The second-order valence-corrected chi connectivity index (χ2v) is 7.28. The van der Waals surface area contributed by atoms with Crippen molar-refractivity contribution in [2.75, 3.05) is 26.2 Å². The summed E-state index contributed by atoms with van der Waals surface area (Å²) in [5.74, 6) is 1.71. The number of benzene rings is 1. The Balaban J connectivity index is 1.73. The highest BCUT2D eigenvalue weighted by Gasteiger charge is 2.34. The van der Waals surface area contributed by atoms with Crippen molar-refractivity contribution in [3.8, 4) is 5.75 Å². The minimum atomic E-state index is 0.0812. The van der Waals surface area contributed by atoms with Gasteiger partial charge in [-0.3, -0.25) is 4.79 Å². The standard InChI is InChI=1S/C21H31NO2/c1-3-14-24-20-9-7-8-17-18(20)10-11-19(17)21(23)16(4-2)15-22-12-5-6-13-22/h7-9,16,19H,3-6,10-15H2,1-2H3. The van der Waals surface area contributed by atoms with E-state index >= 15 is 0 Å². The number of rotatable bonds is 8. The summed E-state index contributed by atoms with van der Waals surface area (Å²) >= 11 is 0. The van der Waals surface area contributed by atoms with Gasteiger partial charge < -0.3 is 9.64 Å². The Hall–Kier alpha value is -1.35. The van der Waals surface area contributed by atoms with E-state index in [2.05, 4.69) is 36.9 Å². The van der Waals surface area contributed by atoms with Crippen LogP contribution in [0.2, 0.25) is 0 Å². The largest absolute Gasteiger partial charge is 0.493 e. The van der Waals surface area contributed by atoms with E-state index in [0.717, 1.165) is 44.6 Å². The minimum absolute atomic E-state index is 0.0812. The molecule has 24 heavy (non-hydrogen) atoms. The van der Waals surface area contributed by atoms with Crippen LogP contribution >= 0.6 is 0 Å². The number of Topliss-reactive ketones (excluding diaryl/α,β-unsaturated/α-hetero) is 1. The lowest BCUT2D eigenvalue weighted by Gasteiger charge is -2.24. The maximum atomic E-state index is 13.2. The molecule has 3 nitrogen and oxygen atoms in total. The average Bonchev–Trinajstić information content (AvgIpc) is 3.26. The number of nitrogens with zero attached hydrogens (tertiary/aromatic N) is 1. The molecule has 1 aliphatic carbocycles. The Morgan fingerprint density at radius 1 is 1.29 bits per heavy atom. The van der Waals surface area contributed by atoms with Crippen LogP contribution in [0, 0.1) is 5.92 Å². The molecule has 0 amide bonds. The minimum Gasteiger partial charge on any atom is -0.493 e. The molecular formula is C21H31NO2. The molecule has 1 heterocycles. The Morgan fingerprint density at radius 3 is 2.79 bits per heavy atom. The number of ether oxygens (including phenoxy) is 1. The van der Waals surface area contributed by atoms with E-state index < -0.39 is 0 Å². The third-order valence-corrected chi connectivity index (χ3v) is 5.61. The molecule has 0 N–H and O–H groups in total. The summed E-state index contributed by atoms with van der Waals surface area (Å²) in [6, 6.07) is 6.26. The maximum absolute atomic E-state index is 13.2. The van der Waals surface area contributed by atoms with E-state index in [1.165, 1.54) is 37.1 Å². The van der Waals surface area contributed by atoms with E-state index in [4.69, 9.17) is 4.74 Å². The van der Waals surface area contributed by atoms with Gasteiger partial charge >= 0.3 is 0 Å². The van der Waals surface area contributed by atoms with E-state index in [1.807, 2.05) is 0 Å². The van der Waals surface area contributed by atoms with Crippen molar-refractivity contribution < 1.29 is 9.53 Å². The number of hydrogen-bond acceptors (Lipinski definition) is 3. The maximum Gasteiger partial charge on any atom is 0.144 e. The number of hydrogen-bond donors (Lipinski definition) is 0. The number of carbonyl (C=O) groups excluding carboxylic acids is 1. The van der Waals surface area contributed by atoms with Crippen LogP contribution in [0.1, 0.15) is 63.0 Å². The summed E-state index contributed by atoms with van der Waals surface area (Å²) in [6.07, 6.45) is 6.47. The summed E-state index contributed by atoms with van der Waals surface area (Å²) in [7, 11) is 0. The molecule has 132 valence electrons. The zero-order chi connectivity index (χ0) is 16.9. The van der Waals surface area contributed by atoms with Crippen molar-refractivity contribution in [1.82, 2.24) is 4.90 Å². The molecule has 0 radical (unpaired) electrons. The third-order valence-electron chi connectivity index (χ3n) is 5.61. The van der Waals surface area contributed by atoms with Gasteiger partial charge in [-0.2, -0.15) is 0 Å². The molecule has 1 aromatic carbocycles. The molecule has 2 aliphatic rings. The van der Waals surface area contributed by atoms with E-state index in [0.29, 0.717) is 5.78 Å². The van der Waals surface area contributed by atoms with Crippen molar-refractivity contribution in [2.24, 2.45) is 5.92 Å². The fourth-order valence-corrected chi connectivity index (χ4v) is 4.25. The topological polar surface area (TPSA) is 29.5 Å². The number of fused-ring (bicyclic) bond motifs is 1. The molecule has 3 heteroatoms. The van der Waals surface area contributed by atoms with Crippen LogP contribution in [0.5, 0.6) is 5.75 Å². The van der Waals surface area contributed by atoms with Gasteiger partial charge in [0.2, 0.25) is 0 Å². The van der Waals surface area contributed by atoms with Gasteiger partial charge in [0.05, 0.1) is 6.61 Å². The summed E-state index contributed by atoms with van der Waals surface area (Å²) in [4.78, 5) is 15.7. The van der Waals surface area contributed by atoms with E-state index in [9.17, 15) is 4.79 Å². The quantitative estimate of drug-likeness (QED) is 0.716. The lowest BCUT2D eigenvalue weighted by molar-refractivity contribution is -0.125. The summed E-state index contributed by atoms with van der Waals surface area (Å²) in [6.45, 7) is 8.32. The smallest absolute Gasteiger partial charge is 0.144 e. The normalized spacial score (nSPS) is 21.7. The van der Waals surface area contributed by atoms with Gasteiger partial charge in [0.25, 0.3) is 0 Å². The van der Waals surface area contributed by atoms with Gasteiger partial charge in [-0.25, -0.2) is 0 Å². The first-order chi connectivity index (χ1) is 11.7. The van der Waals surface area contributed by atoms with Crippen LogP contribution in [0.25, 0.3) is 0 Å². The highest BCUT2D eigenvalue weighted by Crippen LogP contribution is 2.40. The lowest BCUT2D eigenvalue weighted by atomic mass is 9.86. The summed E-state index contributed by atoms with van der Waals surface area (Å²) in [5, 5.41) is 0. The van der Waals surface area contributed by atoms with Crippen LogP contribution in [0.4, 0.5) is 0 Å². The summed E-state index contributed by atoms with van der Waals surface area (Å²) < 4.78 is 5.90. The molecule has 1 aliphatic heterocycles. The third kappa shape index (κ3) is 3.66. The highest BCUT2D eigenvalue weighted by atomic mass is 16.5. The van der Waals surface area contributed by atoms with E-state index in [-0.39, 0.29) is 11.8 Å². The summed E-state index contributed by atoms with van der Waals surface area (Å²) in [5.41, 5.74) is 2.51. The lowest BCUT2D eigenvalue weighted by Crippen LogP contribution is -2.33. The molecule has 3 rings (SSSR count). The van der Waals surface area contributed by atoms with Gasteiger partial charge in [0, 0.05) is 18.4 Å². The first kappa shape index (κ1) is 17.5. The number of carbonyl (C=O) groups is 1. The first-order valence-corrected chi connectivity index (χ1v) is 9.75. The fraction of sp³-hybridized carbons (Fsp3) is 0.667. The fourth-order valence-electron chi connectivity index (χ4n) is 4.25. The van der Waals surface area contributed by atoms with Crippen molar-refractivity contribution >= 4 is 5.78 Å². The molecule has 1 aromatic rings. The molecule has 1 fully saturated rings. The van der Waals surface area contributed by atoms with Gasteiger partial charge in [-0.15, -0.1) is 0 Å². The van der Waals surface area contributed by atoms with Crippen LogP contribution in [0.3, 0.4) is 0 Å². The van der Waals surface area contributed by atoms with Crippen molar-refractivity contribution in [2.45, 2.75) is 58.3 Å². The van der Waals surface area contributed by atoms with Crippen LogP contribution < -0.4 is 4.74 Å². The second kappa shape index (κ2) is 8.15. The van der Waals surface area contributed by atoms with Crippen molar-refractivity contribution in [3.05, 3.63) is 29.3 Å². The SMILES string of the molecule is CCCOc1cccc2c1CCC2C(=O)C(CC)CN1CCCC1. The zero-order valence-electron chi connectivity index (χ0n) is 15.2. The zero-order valence-corrected chi connectivity index (χ0v) is 15.2. The predicted octanol–water partition coefficient (Wildman–Crippen LogP) is 4.20. The molecule has 1 saturated heterocycles. The molecule has 0 aromatic heterocycles. The van der Waals surface area contributed by atoms with Crippen molar-refractivity contribution in [3.63, 3.8) is 0 Å². The Labute approximate surface area is 146 Å². The first-order valence-electron chi connectivity index (χ1n) is 9.75. The number of likely N-dealkylation sites (tertiary alicyclic amines) is 1. The Bertz CT molecular complexity index is 563. The highest BCUT2D eigenvalue weighted by molar-refractivity contribution is 5.89. The second-order valence-electron chi connectivity index (χ2n) is 7.28. The molecule has 0 saturated carbocycles. The molecular weight excluding hydrogens is 298 g/mol. The average molecular weight is 329 g/mol.